The number of carbonyl (C=O) groups excluding carboxylic acids is 2. The Morgan fingerprint density at radius 1 is 1.26 bits per heavy atom. The number of nitrogens with one attached hydrogen (secondary N) is 3. The van der Waals surface area contributed by atoms with Crippen LogP contribution in [-0.4, -0.2) is 29.4 Å². The third kappa shape index (κ3) is 2.37. The van der Waals surface area contributed by atoms with Gasteiger partial charge in [0.15, 0.2) is 0 Å². The molecular formula is C14H15N3O2. The van der Waals surface area contributed by atoms with Crippen molar-refractivity contribution >= 4 is 22.7 Å². The Morgan fingerprint density at radius 2 is 2.11 bits per heavy atom. The lowest BCUT2D eigenvalue weighted by molar-refractivity contribution is -0.125. The van der Waals surface area contributed by atoms with Crippen molar-refractivity contribution in [2.75, 3.05) is 6.54 Å². The van der Waals surface area contributed by atoms with Gasteiger partial charge in [-0.25, -0.2) is 0 Å². The molecule has 1 atom stereocenters. The summed E-state index contributed by atoms with van der Waals surface area (Å²) in [5.74, 6) is -0.418. The van der Waals surface area contributed by atoms with Crippen LogP contribution in [0.3, 0.4) is 0 Å². The number of aromatic amines is 1. The molecule has 1 aromatic heterocycles. The zero-order valence-corrected chi connectivity index (χ0v) is 10.4. The van der Waals surface area contributed by atoms with Crippen molar-refractivity contribution in [2.45, 2.75) is 18.9 Å². The molecule has 19 heavy (non-hydrogen) atoms. The van der Waals surface area contributed by atoms with Crippen LogP contribution in [0.4, 0.5) is 0 Å². The number of benzene rings is 1. The molecule has 1 saturated heterocycles. The minimum Gasteiger partial charge on any atom is -0.361 e. The molecule has 2 aromatic rings. The van der Waals surface area contributed by atoms with Crippen molar-refractivity contribution in [3.8, 4) is 0 Å². The SMILES string of the molecule is O=C1CC(NCCc2c[nH]c3ccccc23)C(=O)N1. The highest BCUT2D eigenvalue weighted by Gasteiger charge is 2.29. The Labute approximate surface area is 110 Å². The van der Waals surface area contributed by atoms with Crippen LogP contribution in [0.5, 0.6) is 0 Å². The van der Waals surface area contributed by atoms with E-state index in [9.17, 15) is 9.59 Å². The molecule has 0 aliphatic carbocycles. The normalized spacial score (nSPS) is 19.1. The molecule has 0 saturated carbocycles. The minimum atomic E-state index is -0.377. The maximum atomic E-state index is 11.4. The van der Waals surface area contributed by atoms with Gasteiger partial charge < -0.3 is 10.3 Å². The molecule has 1 fully saturated rings. The summed E-state index contributed by atoms with van der Waals surface area (Å²) < 4.78 is 0. The maximum Gasteiger partial charge on any atom is 0.244 e. The van der Waals surface area contributed by atoms with Crippen LogP contribution in [-0.2, 0) is 16.0 Å². The smallest absolute Gasteiger partial charge is 0.244 e. The summed E-state index contributed by atoms with van der Waals surface area (Å²) >= 11 is 0. The molecule has 0 bridgehead atoms. The average Bonchev–Trinajstić information content (AvgIpc) is 2.94. The molecule has 1 unspecified atom stereocenters. The Balaban J connectivity index is 1.61. The highest BCUT2D eigenvalue weighted by atomic mass is 16.2. The Morgan fingerprint density at radius 3 is 2.89 bits per heavy atom. The highest BCUT2D eigenvalue weighted by molar-refractivity contribution is 6.05. The Bertz CT molecular complexity index is 632. The first kappa shape index (κ1) is 11.9. The van der Waals surface area contributed by atoms with E-state index in [2.05, 4.69) is 21.7 Å². The van der Waals surface area contributed by atoms with Crippen molar-refractivity contribution in [3.05, 3.63) is 36.0 Å². The van der Waals surface area contributed by atoms with Crippen molar-refractivity contribution in [3.63, 3.8) is 0 Å². The van der Waals surface area contributed by atoms with Crippen LogP contribution in [0.15, 0.2) is 30.5 Å². The van der Waals surface area contributed by atoms with Crippen LogP contribution in [0.25, 0.3) is 10.9 Å². The fourth-order valence-corrected chi connectivity index (χ4v) is 2.44. The summed E-state index contributed by atoms with van der Waals surface area (Å²) in [7, 11) is 0. The van der Waals surface area contributed by atoms with Gasteiger partial charge in [-0.05, 0) is 18.1 Å². The molecule has 0 radical (unpaired) electrons. The number of H-pyrrole nitrogens is 1. The molecule has 5 heteroatoms. The number of hydrogen-bond acceptors (Lipinski definition) is 3. The number of fused-ring (bicyclic) bond motifs is 1. The van der Waals surface area contributed by atoms with E-state index in [1.54, 1.807) is 0 Å². The maximum absolute atomic E-state index is 11.4. The number of hydrogen-bond donors (Lipinski definition) is 3. The summed E-state index contributed by atoms with van der Waals surface area (Å²) in [5, 5.41) is 6.62. The van der Waals surface area contributed by atoms with E-state index in [1.807, 2.05) is 24.4 Å². The monoisotopic (exact) mass is 257 g/mol. The van der Waals surface area contributed by atoms with Crippen LogP contribution in [0.2, 0.25) is 0 Å². The zero-order valence-electron chi connectivity index (χ0n) is 10.4. The number of aromatic nitrogens is 1. The van der Waals surface area contributed by atoms with E-state index in [-0.39, 0.29) is 24.3 Å². The summed E-state index contributed by atoms with van der Waals surface area (Å²) in [6, 6.07) is 7.74. The predicted octanol–water partition coefficient (Wildman–Crippen LogP) is 0.715. The van der Waals surface area contributed by atoms with Gasteiger partial charge >= 0.3 is 0 Å². The molecule has 2 heterocycles. The van der Waals surface area contributed by atoms with E-state index in [0.29, 0.717) is 6.54 Å². The van der Waals surface area contributed by atoms with Crippen LogP contribution >= 0.6 is 0 Å². The van der Waals surface area contributed by atoms with Gasteiger partial charge in [0.25, 0.3) is 0 Å². The largest absolute Gasteiger partial charge is 0.361 e. The second kappa shape index (κ2) is 4.85. The fraction of sp³-hybridized carbons (Fsp3) is 0.286. The van der Waals surface area contributed by atoms with E-state index < -0.39 is 0 Å². The number of para-hydroxylation sites is 1. The number of imide groups is 1. The Hall–Kier alpha value is -2.14. The highest BCUT2D eigenvalue weighted by Crippen LogP contribution is 2.17. The zero-order chi connectivity index (χ0) is 13.2. The van der Waals surface area contributed by atoms with Crippen molar-refractivity contribution in [2.24, 2.45) is 0 Å². The van der Waals surface area contributed by atoms with E-state index >= 15 is 0 Å². The molecule has 2 amide bonds. The average molecular weight is 257 g/mol. The molecule has 1 aromatic carbocycles. The Kier molecular flexibility index (Phi) is 3.05. The fourth-order valence-electron chi connectivity index (χ4n) is 2.44. The standard InChI is InChI=1S/C14H15N3O2/c18-13-7-12(14(19)17-13)15-6-5-9-8-16-11-4-2-1-3-10(9)11/h1-4,8,12,15-16H,5-7H2,(H,17,18,19). The molecule has 5 nitrogen and oxygen atoms in total. The molecule has 1 aliphatic rings. The van der Waals surface area contributed by atoms with Gasteiger partial charge in [-0.1, -0.05) is 18.2 Å². The van der Waals surface area contributed by atoms with Crippen molar-refractivity contribution < 1.29 is 9.59 Å². The molecule has 0 spiro atoms. The first-order chi connectivity index (χ1) is 9.24. The summed E-state index contributed by atoms with van der Waals surface area (Å²) in [6.07, 6.45) is 3.06. The minimum absolute atomic E-state index is 0.199. The number of rotatable bonds is 4. The third-order valence-electron chi connectivity index (χ3n) is 3.43. The lowest BCUT2D eigenvalue weighted by atomic mass is 10.1. The van der Waals surface area contributed by atoms with E-state index in [4.69, 9.17) is 0 Å². The van der Waals surface area contributed by atoms with Gasteiger partial charge in [-0.2, -0.15) is 0 Å². The molecule has 98 valence electrons. The summed E-state index contributed by atoms with van der Waals surface area (Å²) in [4.78, 5) is 25.7. The van der Waals surface area contributed by atoms with Gasteiger partial charge in [0.05, 0.1) is 12.5 Å². The molecule has 3 rings (SSSR count). The van der Waals surface area contributed by atoms with Crippen molar-refractivity contribution in [1.29, 1.82) is 0 Å². The topological polar surface area (TPSA) is 74.0 Å². The van der Waals surface area contributed by atoms with E-state index in [0.717, 1.165) is 11.9 Å². The number of amides is 2. The quantitative estimate of drug-likeness (QED) is 0.706. The van der Waals surface area contributed by atoms with Gasteiger partial charge in [0.1, 0.15) is 0 Å². The second-order valence-electron chi connectivity index (χ2n) is 4.73. The first-order valence-corrected chi connectivity index (χ1v) is 6.36. The number of carbonyl (C=O) groups is 2. The predicted molar refractivity (Wildman–Crippen MR) is 71.6 cm³/mol. The van der Waals surface area contributed by atoms with Crippen molar-refractivity contribution in [1.82, 2.24) is 15.6 Å². The van der Waals surface area contributed by atoms with Gasteiger partial charge in [0, 0.05) is 23.6 Å². The third-order valence-corrected chi connectivity index (χ3v) is 3.43. The lowest BCUT2D eigenvalue weighted by Gasteiger charge is -2.08. The molecular weight excluding hydrogens is 242 g/mol. The van der Waals surface area contributed by atoms with Gasteiger partial charge in [-0.15, -0.1) is 0 Å². The first-order valence-electron chi connectivity index (χ1n) is 6.36. The van der Waals surface area contributed by atoms with Crippen LogP contribution in [0, 0.1) is 0 Å². The summed E-state index contributed by atoms with van der Waals surface area (Å²) in [5.41, 5.74) is 2.33. The van der Waals surface area contributed by atoms with Gasteiger partial charge in [-0.3, -0.25) is 14.9 Å². The second-order valence-corrected chi connectivity index (χ2v) is 4.73. The van der Waals surface area contributed by atoms with Gasteiger partial charge in [0.2, 0.25) is 11.8 Å². The lowest BCUT2D eigenvalue weighted by Crippen LogP contribution is -2.37. The van der Waals surface area contributed by atoms with Crippen LogP contribution in [0.1, 0.15) is 12.0 Å². The van der Waals surface area contributed by atoms with E-state index in [1.165, 1.54) is 10.9 Å². The molecule has 1 aliphatic heterocycles. The summed E-state index contributed by atoms with van der Waals surface area (Å²) in [6.45, 7) is 0.674. The van der Waals surface area contributed by atoms with Crippen LogP contribution < -0.4 is 10.6 Å². The molecule has 3 N–H and O–H groups in total.